The fraction of sp³-hybridized carbons (Fsp3) is 0.0476. The first-order chi connectivity index (χ1) is 11.9. The minimum Gasteiger partial charge on any atom is -0.379 e. The lowest BCUT2D eigenvalue weighted by Gasteiger charge is -2.08. The molecule has 0 aliphatic heterocycles. The van der Waals surface area contributed by atoms with Crippen molar-refractivity contribution in [3.8, 4) is 0 Å². The summed E-state index contributed by atoms with van der Waals surface area (Å²) >= 11 is 1.81. The van der Waals surface area contributed by atoms with E-state index in [2.05, 4.69) is 77.0 Å². The first-order valence-corrected chi connectivity index (χ1v) is 8.83. The van der Waals surface area contributed by atoms with Crippen LogP contribution in [0.25, 0.3) is 10.9 Å². The Kier molecular flexibility index (Phi) is 4.26. The van der Waals surface area contributed by atoms with Crippen LogP contribution < -0.4 is 5.32 Å². The highest BCUT2D eigenvalue weighted by molar-refractivity contribution is 7.99. The second-order valence-corrected chi connectivity index (χ2v) is 6.70. The van der Waals surface area contributed by atoms with Gasteiger partial charge < -0.3 is 10.3 Å². The average Bonchev–Trinajstić information content (AvgIpc) is 2.99. The number of benzene rings is 3. The van der Waals surface area contributed by atoms with E-state index < -0.39 is 0 Å². The van der Waals surface area contributed by atoms with Gasteiger partial charge in [0.2, 0.25) is 0 Å². The van der Waals surface area contributed by atoms with E-state index in [1.165, 1.54) is 26.4 Å². The van der Waals surface area contributed by atoms with Crippen LogP contribution in [0.4, 0.5) is 5.69 Å². The zero-order chi connectivity index (χ0) is 16.2. The Bertz CT molecular complexity index is 930. The van der Waals surface area contributed by atoms with Gasteiger partial charge in [-0.15, -0.1) is 0 Å². The predicted octanol–water partition coefficient (Wildman–Crippen LogP) is 5.93. The number of para-hydroxylation sites is 2. The number of rotatable bonds is 5. The minimum atomic E-state index is 0.772. The smallest absolute Gasteiger partial charge is 0.0563 e. The zero-order valence-corrected chi connectivity index (χ0v) is 14.0. The summed E-state index contributed by atoms with van der Waals surface area (Å²) < 4.78 is 0. The summed E-state index contributed by atoms with van der Waals surface area (Å²) in [4.78, 5) is 6.12. The van der Waals surface area contributed by atoms with Crippen LogP contribution in [0.5, 0.6) is 0 Å². The van der Waals surface area contributed by atoms with Crippen molar-refractivity contribution in [3.05, 3.63) is 90.6 Å². The van der Waals surface area contributed by atoms with Gasteiger partial charge in [0.15, 0.2) is 0 Å². The zero-order valence-electron chi connectivity index (χ0n) is 13.2. The van der Waals surface area contributed by atoms with Gasteiger partial charge in [0.25, 0.3) is 0 Å². The fourth-order valence-electron chi connectivity index (χ4n) is 2.77. The van der Waals surface area contributed by atoms with Crippen molar-refractivity contribution in [1.82, 2.24) is 4.98 Å². The molecule has 24 heavy (non-hydrogen) atoms. The number of H-pyrrole nitrogens is 1. The Balaban J connectivity index is 1.67. The van der Waals surface area contributed by atoms with E-state index in [1.807, 2.05) is 30.0 Å². The lowest BCUT2D eigenvalue weighted by atomic mass is 10.2. The van der Waals surface area contributed by atoms with Crippen LogP contribution >= 0.6 is 11.8 Å². The molecule has 4 rings (SSSR count). The van der Waals surface area contributed by atoms with E-state index in [9.17, 15) is 0 Å². The third-order valence-electron chi connectivity index (χ3n) is 3.94. The second kappa shape index (κ2) is 6.85. The Morgan fingerprint density at radius 2 is 1.42 bits per heavy atom. The van der Waals surface area contributed by atoms with E-state index >= 15 is 0 Å². The van der Waals surface area contributed by atoms with Crippen LogP contribution in [0.1, 0.15) is 5.69 Å². The lowest BCUT2D eigenvalue weighted by molar-refractivity contribution is 1.04. The number of anilines is 1. The van der Waals surface area contributed by atoms with E-state index in [1.54, 1.807) is 0 Å². The summed E-state index contributed by atoms with van der Waals surface area (Å²) in [5.41, 5.74) is 3.53. The molecule has 0 amide bonds. The average molecular weight is 330 g/mol. The molecule has 2 nitrogen and oxygen atoms in total. The first-order valence-electron chi connectivity index (χ1n) is 8.01. The molecule has 118 valence electrons. The Morgan fingerprint density at radius 3 is 2.21 bits per heavy atom. The topological polar surface area (TPSA) is 27.8 Å². The molecule has 0 fully saturated rings. The predicted molar refractivity (Wildman–Crippen MR) is 103 cm³/mol. The number of fused-ring (bicyclic) bond motifs is 1. The second-order valence-electron chi connectivity index (χ2n) is 5.61. The number of hydrogen-bond donors (Lipinski definition) is 2. The van der Waals surface area contributed by atoms with Gasteiger partial charge in [0, 0.05) is 32.1 Å². The molecule has 3 aromatic carbocycles. The van der Waals surface area contributed by atoms with Crippen molar-refractivity contribution in [2.45, 2.75) is 16.3 Å². The molecule has 0 aliphatic rings. The molecule has 1 heterocycles. The van der Waals surface area contributed by atoms with Gasteiger partial charge in [0.05, 0.1) is 6.54 Å². The van der Waals surface area contributed by atoms with Crippen molar-refractivity contribution in [2.75, 3.05) is 5.32 Å². The van der Waals surface area contributed by atoms with Gasteiger partial charge >= 0.3 is 0 Å². The summed E-state index contributed by atoms with van der Waals surface area (Å²) in [6.45, 7) is 0.772. The van der Waals surface area contributed by atoms with E-state index in [-0.39, 0.29) is 0 Å². The van der Waals surface area contributed by atoms with Gasteiger partial charge in [-0.1, -0.05) is 66.4 Å². The molecule has 4 aromatic rings. The molecule has 0 saturated carbocycles. The van der Waals surface area contributed by atoms with Gasteiger partial charge in [-0.3, -0.25) is 0 Å². The maximum Gasteiger partial charge on any atom is 0.0563 e. The molecule has 0 unspecified atom stereocenters. The highest BCUT2D eigenvalue weighted by Crippen LogP contribution is 2.36. The third-order valence-corrected chi connectivity index (χ3v) is 5.12. The molecule has 0 aliphatic carbocycles. The maximum atomic E-state index is 3.57. The first kappa shape index (κ1) is 14.9. The van der Waals surface area contributed by atoms with Crippen molar-refractivity contribution < 1.29 is 0 Å². The van der Waals surface area contributed by atoms with E-state index in [0.29, 0.717) is 0 Å². The number of aromatic nitrogens is 1. The van der Waals surface area contributed by atoms with E-state index in [4.69, 9.17) is 0 Å². The van der Waals surface area contributed by atoms with E-state index in [0.717, 1.165) is 12.2 Å². The van der Waals surface area contributed by atoms with Crippen LogP contribution in [0.3, 0.4) is 0 Å². The van der Waals surface area contributed by atoms with Gasteiger partial charge in [-0.05, 0) is 30.3 Å². The third kappa shape index (κ3) is 3.17. The van der Waals surface area contributed by atoms with Gasteiger partial charge in [0.1, 0.15) is 0 Å². The summed E-state index contributed by atoms with van der Waals surface area (Å²) in [6, 6.07) is 29.3. The molecule has 0 spiro atoms. The SMILES string of the molecule is c1ccc(NCc2[nH]c3ccccc3c2Sc2ccccc2)cc1. The van der Waals surface area contributed by atoms with Gasteiger partial charge in [-0.2, -0.15) is 0 Å². The maximum absolute atomic E-state index is 3.57. The highest BCUT2D eigenvalue weighted by atomic mass is 32.2. The van der Waals surface area contributed by atoms with Crippen molar-refractivity contribution >= 4 is 28.4 Å². The molecule has 2 N–H and O–H groups in total. The quantitative estimate of drug-likeness (QED) is 0.474. The molecule has 0 atom stereocenters. The Labute approximate surface area is 145 Å². The fourth-order valence-corrected chi connectivity index (χ4v) is 3.83. The molecule has 1 aromatic heterocycles. The standard InChI is InChI=1S/C21H18N2S/c1-3-9-16(10-4-1)22-15-20-21(24-17-11-5-2-6-12-17)18-13-7-8-14-19(18)23-20/h1-14,22-23H,15H2. The van der Waals surface area contributed by atoms with Crippen molar-refractivity contribution in [3.63, 3.8) is 0 Å². The number of nitrogens with one attached hydrogen (secondary N) is 2. The van der Waals surface area contributed by atoms with Crippen molar-refractivity contribution in [2.24, 2.45) is 0 Å². The largest absolute Gasteiger partial charge is 0.379 e. The van der Waals surface area contributed by atoms with Crippen molar-refractivity contribution in [1.29, 1.82) is 0 Å². The van der Waals surface area contributed by atoms with Crippen LogP contribution in [0, 0.1) is 0 Å². The normalized spacial score (nSPS) is 10.8. The number of aromatic amines is 1. The van der Waals surface area contributed by atoms with Crippen LogP contribution in [0.2, 0.25) is 0 Å². The molecular weight excluding hydrogens is 312 g/mol. The Morgan fingerprint density at radius 1 is 0.750 bits per heavy atom. The lowest BCUT2D eigenvalue weighted by Crippen LogP contribution is -2.00. The van der Waals surface area contributed by atoms with Crippen LogP contribution in [-0.2, 0) is 6.54 Å². The molecule has 0 radical (unpaired) electrons. The molecule has 0 bridgehead atoms. The summed E-state index contributed by atoms with van der Waals surface area (Å²) in [5, 5.41) is 4.78. The Hall–Kier alpha value is -2.65. The monoisotopic (exact) mass is 330 g/mol. The highest BCUT2D eigenvalue weighted by Gasteiger charge is 2.12. The number of hydrogen-bond acceptors (Lipinski definition) is 2. The summed E-state index contributed by atoms with van der Waals surface area (Å²) in [7, 11) is 0. The summed E-state index contributed by atoms with van der Waals surface area (Å²) in [5.74, 6) is 0. The molecular formula is C21H18N2S. The minimum absolute atomic E-state index is 0.772. The molecule has 3 heteroatoms. The molecule has 0 saturated heterocycles. The van der Waals surface area contributed by atoms with Crippen LogP contribution in [-0.4, -0.2) is 4.98 Å². The van der Waals surface area contributed by atoms with Crippen LogP contribution in [0.15, 0.2) is 94.7 Å². The summed E-state index contributed by atoms with van der Waals surface area (Å²) in [6.07, 6.45) is 0. The van der Waals surface area contributed by atoms with Gasteiger partial charge in [-0.25, -0.2) is 0 Å².